The van der Waals surface area contributed by atoms with E-state index in [-0.39, 0.29) is 11.5 Å². The van der Waals surface area contributed by atoms with Gasteiger partial charge in [-0.1, -0.05) is 52.9 Å². The van der Waals surface area contributed by atoms with E-state index in [4.69, 9.17) is 10.7 Å². The van der Waals surface area contributed by atoms with E-state index in [2.05, 4.69) is 20.8 Å². The number of hydrogen-bond donors (Lipinski definition) is 1. The number of unbranched alkanes of at least 4 members (excludes halogenated alkanes) is 4. The van der Waals surface area contributed by atoms with Crippen molar-refractivity contribution >= 4 is 0 Å². The second-order valence-electron chi connectivity index (χ2n) is 4.93. The molecule has 0 saturated carbocycles. The highest BCUT2D eigenvalue weighted by Crippen LogP contribution is 2.29. The zero-order chi connectivity index (χ0) is 11.0. The topological polar surface area (TPSA) is 35.2 Å². The molecule has 1 unspecified atom stereocenters. The number of rotatable bonds is 8. The molecule has 2 N–H and O–H groups in total. The summed E-state index contributed by atoms with van der Waals surface area (Å²) in [7, 11) is 0. The first-order valence-electron chi connectivity index (χ1n) is 5.90. The van der Waals surface area contributed by atoms with Crippen LogP contribution in [-0.2, 0) is 4.84 Å². The normalized spacial score (nSPS) is 14.4. The Kier molecular flexibility index (Phi) is 7.20. The van der Waals surface area contributed by atoms with Crippen LogP contribution in [0.4, 0.5) is 0 Å². The minimum atomic E-state index is 0.147. The highest BCUT2D eigenvalue weighted by molar-refractivity contribution is 4.75. The Morgan fingerprint density at radius 2 is 1.71 bits per heavy atom. The van der Waals surface area contributed by atoms with Gasteiger partial charge in [0.25, 0.3) is 0 Å². The molecule has 2 nitrogen and oxygen atoms in total. The molecule has 0 spiro atoms. The van der Waals surface area contributed by atoms with Gasteiger partial charge in [-0.05, 0) is 18.8 Å². The van der Waals surface area contributed by atoms with E-state index in [1.54, 1.807) is 0 Å². The first kappa shape index (κ1) is 13.9. The fraction of sp³-hybridized carbons (Fsp3) is 1.00. The van der Waals surface area contributed by atoms with Crippen molar-refractivity contribution in [1.82, 2.24) is 0 Å². The van der Waals surface area contributed by atoms with Crippen LogP contribution in [0.25, 0.3) is 0 Å². The monoisotopic (exact) mass is 201 g/mol. The summed E-state index contributed by atoms with van der Waals surface area (Å²) < 4.78 is 0. The minimum Gasteiger partial charge on any atom is -0.301 e. The van der Waals surface area contributed by atoms with E-state index in [0.29, 0.717) is 0 Å². The predicted molar refractivity (Wildman–Crippen MR) is 61.9 cm³/mol. The van der Waals surface area contributed by atoms with Gasteiger partial charge in [0.2, 0.25) is 0 Å². The van der Waals surface area contributed by atoms with Crippen molar-refractivity contribution < 1.29 is 4.84 Å². The maximum absolute atomic E-state index is 5.21. The maximum atomic E-state index is 5.21. The molecule has 2 heteroatoms. The molecular weight excluding hydrogens is 174 g/mol. The van der Waals surface area contributed by atoms with Gasteiger partial charge in [-0.3, -0.25) is 0 Å². The Hall–Kier alpha value is -0.0800. The third kappa shape index (κ3) is 5.61. The zero-order valence-corrected chi connectivity index (χ0v) is 10.3. The Morgan fingerprint density at radius 1 is 1.14 bits per heavy atom. The highest BCUT2D eigenvalue weighted by Gasteiger charge is 2.25. The van der Waals surface area contributed by atoms with E-state index in [1.165, 1.54) is 38.5 Å². The Labute approximate surface area is 89.2 Å². The van der Waals surface area contributed by atoms with Crippen molar-refractivity contribution in [2.24, 2.45) is 11.3 Å². The minimum absolute atomic E-state index is 0.147. The lowest BCUT2D eigenvalue weighted by Crippen LogP contribution is -2.31. The van der Waals surface area contributed by atoms with Crippen LogP contribution in [0.1, 0.15) is 66.2 Å². The molecule has 1 atom stereocenters. The molecule has 0 saturated heterocycles. The number of nitrogens with two attached hydrogens (primary N) is 1. The van der Waals surface area contributed by atoms with Crippen LogP contribution in [0.15, 0.2) is 0 Å². The van der Waals surface area contributed by atoms with E-state index in [9.17, 15) is 0 Å². The third-order valence-electron chi connectivity index (χ3n) is 3.23. The lowest BCUT2D eigenvalue weighted by Gasteiger charge is -2.29. The summed E-state index contributed by atoms with van der Waals surface area (Å²) in [5.41, 5.74) is 0.209. The molecule has 0 bridgehead atoms. The maximum Gasteiger partial charge on any atom is 0.0810 e. The molecule has 0 aromatic carbocycles. The quantitative estimate of drug-likeness (QED) is 0.480. The summed E-state index contributed by atoms with van der Waals surface area (Å²) in [5, 5.41) is 0. The number of hydrogen-bond acceptors (Lipinski definition) is 2. The largest absolute Gasteiger partial charge is 0.301 e. The second kappa shape index (κ2) is 7.24. The predicted octanol–water partition coefficient (Wildman–Crippen LogP) is 3.65. The summed E-state index contributed by atoms with van der Waals surface area (Å²) in [6, 6.07) is 0. The van der Waals surface area contributed by atoms with Crippen molar-refractivity contribution in [1.29, 1.82) is 0 Å². The summed E-state index contributed by atoms with van der Waals surface area (Å²) in [4.78, 5) is 4.89. The molecule has 0 aromatic rings. The van der Waals surface area contributed by atoms with Crippen molar-refractivity contribution in [3.8, 4) is 0 Å². The standard InChI is InChI=1S/C12H27NO/c1-5-6-7-8-9-10-12(3,4)11(2)14-13/h11H,5-10,13H2,1-4H3. The average molecular weight is 201 g/mol. The fourth-order valence-electron chi connectivity index (χ4n) is 1.57. The van der Waals surface area contributed by atoms with Crippen LogP contribution in [-0.4, -0.2) is 6.10 Å². The molecule has 0 radical (unpaired) electrons. The van der Waals surface area contributed by atoms with Gasteiger partial charge in [-0.2, -0.15) is 0 Å². The van der Waals surface area contributed by atoms with Crippen molar-refractivity contribution in [2.75, 3.05) is 0 Å². The SMILES string of the molecule is CCCCCCCC(C)(C)C(C)ON. The first-order chi connectivity index (χ1) is 6.54. The molecular formula is C12H27NO. The second-order valence-corrected chi connectivity index (χ2v) is 4.93. The summed E-state index contributed by atoms with van der Waals surface area (Å²) in [6.45, 7) is 8.75. The molecule has 0 aromatic heterocycles. The molecule has 0 aliphatic heterocycles. The van der Waals surface area contributed by atoms with Crippen LogP contribution >= 0.6 is 0 Å². The Morgan fingerprint density at radius 3 is 2.21 bits per heavy atom. The van der Waals surface area contributed by atoms with Gasteiger partial charge in [0.15, 0.2) is 0 Å². The zero-order valence-electron chi connectivity index (χ0n) is 10.3. The van der Waals surface area contributed by atoms with Gasteiger partial charge in [0.1, 0.15) is 0 Å². The summed E-state index contributed by atoms with van der Waals surface area (Å²) in [6.07, 6.45) is 8.03. The lowest BCUT2D eigenvalue weighted by atomic mass is 9.82. The van der Waals surface area contributed by atoms with Crippen LogP contribution in [0.2, 0.25) is 0 Å². The van der Waals surface area contributed by atoms with E-state index < -0.39 is 0 Å². The molecule has 0 fully saturated rings. The Bertz CT molecular complexity index is 134. The van der Waals surface area contributed by atoms with E-state index >= 15 is 0 Å². The van der Waals surface area contributed by atoms with Crippen molar-refractivity contribution in [3.05, 3.63) is 0 Å². The first-order valence-corrected chi connectivity index (χ1v) is 5.90. The van der Waals surface area contributed by atoms with Gasteiger partial charge in [-0.25, -0.2) is 5.90 Å². The average Bonchev–Trinajstić information content (AvgIpc) is 2.16. The molecule has 0 amide bonds. The van der Waals surface area contributed by atoms with Crippen molar-refractivity contribution in [3.63, 3.8) is 0 Å². The van der Waals surface area contributed by atoms with Crippen molar-refractivity contribution in [2.45, 2.75) is 72.3 Å². The fourth-order valence-corrected chi connectivity index (χ4v) is 1.57. The molecule has 0 aliphatic rings. The lowest BCUT2D eigenvalue weighted by molar-refractivity contribution is -0.0194. The third-order valence-corrected chi connectivity index (χ3v) is 3.23. The molecule has 14 heavy (non-hydrogen) atoms. The van der Waals surface area contributed by atoms with Crippen LogP contribution in [0.3, 0.4) is 0 Å². The van der Waals surface area contributed by atoms with Crippen LogP contribution in [0.5, 0.6) is 0 Å². The summed E-state index contributed by atoms with van der Waals surface area (Å²) in [5.74, 6) is 5.21. The molecule has 86 valence electrons. The van der Waals surface area contributed by atoms with Gasteiger partial charge >= 0.3 is 0 Å². The van der Waals surface area contributed by atoms with E-state index in [1.807, 2.05) is 6.92 Å². The van der Waals surface area contributed by atoms with Gasteiger partial charge in [0, 0.05) is 0 Å². The Balaban J connectivity index is 3.55. The van der Waals surface area contributed by atoms with Gasteiger partial charge < -0.3 is 4.84 Å². The highest BCUT2D eigenvalue weighted by atomic mass is 16.6. The van der Waals surface area contributed by atoms with Crippen LogP contribution in [0, 0.1) is 5.41 Å². The van der Waals surface area contributed by atoms with E-state index in [0.717, 1.165) is 0 Å². The van der Waals surface area contributed by atoms with Gasteiger partial charge in [-0.15, -0.1) is 0 Å². The van der Waals surface area contributed by atoms with Crippen LogP contribution < -0.4 is 5.90 Å². The molecule has 0 rings (SSSR count). The smallest absolute Gasteiger partial charge is 0.0810 e. The summed E-state index contributed by atoms with van der Waals surface area (Å²) >= 11 is 0. The molecule has 0 heterocycles. The van der Waals surface area contributed by atoms with Gasteiger partial charge in [0.05, 0.1) is 6.10 Å². The molecule has 0 aliphatic carbocycles.